The van der Waals surface area contributed by atoms with E-state index >= 15 is 0 Å². The first-order valence-electron chi connectivity index (χ1n) is 4.61. The minimum Gasteiger partial charge on any atom is -0.448 e. The second-order valence-corrected chi connectivity index (χ2v) is 3.39. The van der Waals surface area contributed by atoms with Gasteiger partial charge in [-0.05, 0) is 17.9 Å². The second-order valence-electron chi connectivity index (χ2n) is 3.39. The summed E-state index contributed by atoms with van der Waals surface area (Å²) in [6.45, 7) is 2.31. The van der Waals surface area contributed by atoms with Gasteiger partial charge in [-0.3, -0.25) is 0 Å². The largest absolute Gasteiger partial charge is 0.448 e. The maximum absolute atomic E-state index is 10.2. The van der Waals surface area contributed by atoms with Crippen molar-refractivity contribution in [2.45, 2.75) is 13.3 Å². The molecule has 3 heteroatoms. The fourth-order valence-corrected chi connectivity index (χ4v) is 1.29. The highest BCUT2D eigenvalue weighted by molar-refractivity contribution is 5.63. The number of hydrogen-bond donors (Lipinski definition) is 0. The maximum atomic E-state index is 10.2. The zero-order chi connectivity index (χ0) is 10.4. The van der Waals surface area contributed by atoms with Gasteiger partial charge < -0.3 is 4.74 Å². The summed E-state index contributed by atoms with van der Waals surface area (Å²) in [5.74, 6) is 0.256. The third-order valence-corrected chi connectivity index (χ3v) is 1.93. The van der Waals surface area contributed by atoms with Crippen LogP contribution in [0.25, 0.3) is 0 Å². The minimum atomic E-state index is -0.954. The molecule has 0 saturated carbocycles. The Balaban J connectivity index is 2.34. The van der Waals surface area contributed by atoms with E-state index in [9.17, 15) is 4.79 Å². The van der Waals surface area contributed by atoms with Crippen molar-refractivity contribution < 1.29 is 9.53 Å². The molecule has 1 unspecified atom stereocenters. The summed E-state index contributed by atoms with van der Waals surface area (Å²) in [4.78, 5) is 10.2. The van der Waals surface area contributed by atoms with Gasteiger partial charge >= 0.3 is 6.09 Å². The van der Waals surface area contributed by atoms with Crippen LogP contribution in [-0.4, -0.2) is 12.7 Å². The molecule has 1 atom stereocenters. The van der Waals surface area contributed by atoms with Crippen molar-refractivity contribution in [1.82, 2.24) is 5.73 Å². The molecule has 1 aromatic rings. The van der Waals surface area contributed by atoms with Crippen LogP contribution in [0.15, 0.2) is 30.3 Å². The Morgan fingerprint density at radius 3 is 2.64 bits per heavy atom. The van der Waals surface area contributed by atoms with Crippen LogP contribution in [0.3, 0.4) is 0 Å². The van der Waals surface area contributed by atoms with Crippen molar-refractivity contribution in [2.24, 2.45) is 5.92 Å². The molecule has 0 saturated heterocycles. The van der Waals surface area contributed by atoms with Gasteiger partial charge in [-0.15, -0.1) is 0 Å². The number of carbonyl (C=O) groups is 1. The van der Waals surface area contributed by atoms with Gasteiger partial charge in [0.05, 0.1) is 6.61 Å². The number of rotatable bonds is 4. The van der Waals surface area contributed by atoms with E-state index in [2.05, 4.69) is 4.74 Å². The van der Waals surface area contributed by atoms with Gasteiger partial charge in [0.1, 0.15) is 0 Å². The molecule has 1 amide bonds. The Labute approximate surface area is 83.9 Å². The quantitative estimate of drug-likeness (QED) is 0.734. The van der Waals surface area contributed by atoms with Crippen LogP contribution >= 0.6 is 0 Å². The Morgan fingerprint density at radius 1 is 1.43 bits per heavy atom. The first kappa shape index (κ1) is 10.6. The van der Waals surface area contributed by atoms with E-state index in [0.717, 1.165) is 6.42 Å². The van der Waals surface area contributed by atoms with Crippen molar-refractivity contribution >= 4 is 6.09 Å². The van der Waals surface area contributed by atoms with Crippen LogP contribution in [0.1, 0.15) is 12.5 Å². The number of amides is 1. The van der Waals surface area contributed by atoms with E-state index in [0.29, 0.717) is 6.61 Å². The van der Waals surface area contributed by atoms with Crippen LogP contribution in [-0.2, 0) is 11.2 Å². The number of ether oxygens (including phenoxy) is 1. The molecule has 1 aromatic carbocycles. The highest BCUT2D eigenvalue weighted by Gasteiger charge is 2.05. The molecule has 0 aliphatic heterocycles. The van der Waals surface area contributed by atoms with Crippen molar-refractivity contribution in [2.75, 3.05) is 6.61 Å². The molecule has 1 rings (SSSR count). The highest BCUT2D eigenvalue weighted by Crippen LogP contribution is 2.08. The first-order valence-corrected chi connectivity index (χ1v) is 4.61. The fourth-order valence-electron chi connectivity index (χ4n) is 1.29. The van der Waals surface area contributed by atoms with E-state index in [4.69, 9.17) is 5.73 Å². The molecule has 75 valence electrons. The van der Waals surface area contributed by atoms with Gasteiger partial charge in [0.25, 0.3) is 0 Å². The van der Waals surface area contributed by atoms with Gasteiger partial charge in [0.15, 0.2) is 0 Å². The predicted molar refractivity (Wildman–Crippen MR) is 53.8 cm³/mol. The van der Waals surface area contributed by atoms with Crippen LogP contribution in [0.2, 0.25) is 0 Å². The summed E-state index contributed by atoms with van der Waals surface area (Å²) < 4.78 is 4.60. The van der Waals surface area contributed by atoms with Crippen molar-refractivity contribution in [1.29, 1.82) is 0 Å². The molecule has 0 fully saturated rings. The lowest BCUT2D eigenvalue weighted by Crippen LogP contribution is -2.12. The molecule has 1 radical (unpaired) electrons. The van der Waals surface area contributed by atoms with Gasteiger partial charge in [0, 0.05) is 0 Å². The van der Waals surface area contributed by atoms with Gasteiger partial charge in [-0.1, -0.05) is 37.3 Å². The lowest BCUT2D eigenvalue weighted by atomic mass is 10.0. The third kappa shape index (κ3) is 3.94. The Kier molecular flexibility index (Phi) is 3.98. The van der Waals surface area contributed by atoms with Crippen molar-refractivity contribution in [3.63, 3.8) is 0 Å². The molecule has 0 bridgehead atoms. The molecule has 1 N–H and O–H groups in total. The molecule has 0 aromatic heterocycles. The van der Waals surface area contributed by atoms with E-state index in [1.54, 1.807) is 0 Å². The lowest BCUT2D eigenvalue weighted by Gasteiger charge is -2.10. The van der Waals surface area contributed by atoms with Crippen LogP contribution in [0, 0.1) is 5.92 Å². The molecule has 14 heavy (non-hydrogen) atoms. The fraction of sp³-hybridized carbons (Fsp3) is 0.364. The highest BCUT2D eigenvalue weighted by atomic mass is 16.5. The summed E-state index contributed by atoms with van der Waals surface area (Å²) in [6.07, 6.45) is -0.0846. The standard InChI is InChI=1S/C11H14NO2/c1-9(8-14-11(12)13)7-10-5-3-2-4-6-10/h2-6,9,12H,7-8H2,1H3. The minimum absolute atomic E-state index is 0.256. The Morgan fingerprint density at radius 2 is 2.07 bits per heavy atom. The van der Waals surface area contributed by atoms with E-state index in [1.807, 2.05) is 37.3 Å². The second kappa shape index (κ2) is 5.27. The van der Waals surface area contributed by atoms with Crippen LogP contribution in [0.5, 0.6) is 0 Å². The first-order chi connectivity index (χ1) is 6.68. The third-order valence-electron chi connectivity index (χ3n) is 1.93. The Bertz CT molecular complexity index is 285. The summed E-state index contributed by atoms with van der Waals surface area (Å²) in [7, 11) is 0. The SMILES string of the molecule is CC(COC([NH])=O)Cc1ccccc1. The summed E-state index contributed by atoms with van der Waals surface area (Å²) in [6, 6.07) is 10.0. The number of nitrogens with one attached hydrogen (secondary N) is 1. The molecular formula is C11H14NO2. The van der Waals surface area contributed by atoms with Crippen LogP contribution in [0.4, 0.5) is 4.79 Å². The maximum Gasteiger partial charge on any atom is 0.426 e. The summed E-state index contributed by atoms with van der Waals surface area (Å²) in [5, 5.41) is 0. The number of carbonyl (C=O) groups excluding carboxylic acids is 1. The van der Waals surface area contributed by atoms with E-state index in [1.165, 1.54) is 5.56 Å². The topological polar surface area (TPSA) is 50.1 Å². The zero-order valence-electron chi connectivity index (χ0n) is 8.19. The molecule has 0 aliphatic carbocycles. The average Bonchev–Trinajstić information content (AvgIpc) is 2.16. The van der Waals surface area contributed by atoms with Gasteiger partial charge in [-0.25, -0.2) is 10.5 Å². The van der Waals surface area contributed by atoms with Crippen LogP contribution < -0.4 is 5.73 Å². The summed E-state index contributed by atoms with van der Waals surface area (Å²) in [5.41, 5.74) is 7.81. The molecular weight excluding hydrogens is 178 g/mol. The number of hydrogen-bond acceptors (Lipinski definition) is 2. The van der Waals surface area contributed by atoms with Crippen molar-refractivity contribution in [3.8, 4) is 0 Å². The molecule has 0 heterocycles. The lowest BCUT2D eigenvalue weighted by molar-refractivity contribution is 0.138. The molecule has 0 aliphatic rings. The Hall–Kier alpha value is -1.51. The van der Waals surface area contributed by atoms with E-state index < -0.39 is 6.09 Å². The summed E-state index contributed by atoms with van der Waals surface area (Å²) >= 11 is 0. The predicted octanol–water partition coefficient (Wildman–Crippen LogP) is 2.28. The van der Waals surface area contributed by atoms with E-state index in [-0.39, 0.29) is 5.92 Å². The molecule has 0 spiro atoms. The monoisotopic (exact) mass is 192 g/mol. The normalized spacial score (nSPS) is 12.1. The zero-order valence-corrected chi connectivity index (χ0v) is 8.19. The van der Waals surface area contributed by atoms with Crippen molar-refractivity contribution in [3.05, 3.63) is 35.9 Å². The molecule has 3 nitrogen and oxygen atoms in total. The smallest absolute Gasteiger partial charge is 0.426 e. The average molecular weight is 192 g/mol. The number of benzene rings is 1. The van der Waals surface area contributed by atoms with Gasteiger partial charge in [-0.2, -0.15) is 0 Å². The van der Waals surface area contributed by atoms with Gasteiger partial charge in [0.2, 0.25) is 0 Å².